The summed E-state index contributed by atoms with van der Waals surface area (Å²) in [6, 6.07) is 5.92. The van der Waals surface area contributed by atoms with Gasteiger partial charge in [-0.3, -0.25) is 9.79 Å². The Morgan fingerprint density at radius 3 is 2.95 bits per heavy atom. The van der Waals surface area contributed by atoms with E-state index in [2.05, 4.69) is 15.1 Å². The summed E-state index contributed by atoms with van der Waals surface area (Å²) in [6.45, 7) is 1.95. The summed E-state index contributed by atoms with van der Waals surface area (Å²) in [5.74, 6) is -0.734. The van der Waals surface area contributed by atoms with Gasteiger partial charge >= 0.3 is 0 Å². The van der Waals surface area contributed by atoms with Crippen LogP contribution in [0.4, 0.5) is 5.69 Å². The highest BCUT2D eigenvalue weighted by atomic mass is 16.1. The quantitative estimate of drug-likeness (QED) is 0.652. The van der Waals surface area contributed by atoms with Crippen molar-refractivity contribution in [1.82, 2.24) is 9.78 Å². The third-order valence-electron chi connectivity index (χ3n) is 3.51. The Labute approximate surface area is 127 Å². The van der Waals surface area contributed by atoms with Crippen LogP contribution < -0.4 is 11.5 Å². The SMILES string of the molecule is CCc1c(C(=O)N=C(N)N)cnn1-c1ccc2c(c1)CC=N2. The summed E-state index contributed by atoms with van der Waals surface area (Å²) in [6.07, 6.45) is 4.82. The predicted octanol–water partition coefficient (Wildman–Crippen LogP) is 1.11. The monoisotopic (exact) mass is 296 g/mol. The summed E-state index contributed by atoms with van der Waals surface area (Å²) in [5.41, 5.74) is 14.7. The molecule has 4 N–H and O–H groups in total. The molecule has 1 aromatic carbocycles. The molecule has 0 saturated carbocycles. The van der Waals surface area contributed by atoms with Crippen molar-refractivity contribution < 1.29 is 4.79 Å². The van der Waals surface area contributed by atoms with Crippen molar-refractivity contribution in [2.45, 2.75) is 19.8 Å². The second kappa shape index (κ2) is 5.44. The smallest absolute Gasteiger partial charge is 0.283 e. The van der Waals surface area contributed by atoms with E-state index >= 15 is 0 Å². The van der Waals surface area contributed by atoms with Gasteiger partial charge in [-0.05, 0) is 30.2 Å². The normalized spacial score (nSPS) is 12.2. The Balaban J connectivity index is 2.04. The number of nitrogens with two attached hydrogens (primary N) is 2. The Bertz CT molecular complexity index is 798. The van der Waals surface area contributed by atoms with E-state index < -0.39 is 5.91 Å². The Morgan fingerprint density at radius 1 is 1.41 bits per heavy atom. The molecule has 0 radical (unpaired) electrons. The highest BCUT2D eigenvalue weighted by Gasteiger charge is 2.18. The third-order valence-corrected chi connectivity index (χ3v) is 3.51. The van der Waals surface area contributed by atoms with Crippen molar-refractivity contribution in [3.63, 3.8) is 0 Å². The Kier molecular flexibility index (Phi) is 3.46. The summed E-state index contributed by atoms with van der Waals surface area (Å²) in [7, 11) is 0. The molecule has 0 saturated heterocycles. The van der Waals surface area contributed by atoms with Crippen LogP contribution in [0, 0.1) is 0 Å². The van der Waals surface area contributed by atoms with Crippen molar-refractivity contribution in [1.29, 1.82) is 0 Å². The lowest BCUT2D eigenvalue weighted by Gasteiger charge is -2.08. The van der Waals surface area contributed by atoms with Gasteiger partial charge in [0, 0.05) is 12.6 Å². The predicted molar refractivity (Wildman–Crippen MR) is 84.9 cm³/mol. The first kappa shape index (κ1) is 14.0. The number of guanidine groups is 1. The minimum absolute atomic E-state index is 0.255. The fraction of sp³-hybridized carbons (Fsp3) is 0.200. The molecule has 1 aliphatic heterocycles. The van der Waals surface area contributed by atoms with E-state index in [-0.39, 0.29) is 5.96 Å². The molecule has 0 bridgehead atoms. The number of nitrogens with zero attached hydrogens (tertiary/aromatic N) is 4. The Morgan fingerprint density at radius 2 is 2.23 bits per heavy atom. The van der Waals surface area contributed by atoms with Crippen LogP contribution in [-0.2, 0) is 12.8 Å². The van der Waals surface area contributed by atoms with Gasteiger partial charge in [-0.15, -0.1) is 0 Å². The van der Waals surface area contributed by atoms with E-state index in [1.54, 1.807) is 4.68 Å². The lowest BCUT2D eigenvalue weighted by molar-refractivity contribution is 0.100. The topological polar surface area (TPSA) is 112 Å². The van der Waals surface area contributed by atoms with Gasteiger partial charge in [0.1, 0.15) is 0 Å². The molecule has 22 heavy (non-hydrogen) atoms. The van der Waals surface area contributed by atoms with Crippen molar-refractivity contribution in [3.05, 3.63) is 41.2 Å². The fourth-order valence-electron chi connectivity index (χ4n) is 2.53. The third kappa shape index (κ3) is 2.37. The number of hydrogen-bond acceptors (Lipinski definition) is 3. The van der Waals surface area contributed by atoms with Gasteiger partial charge in [0.25, 0.3) is 5.91 Å². The molecule has 1 amide bonds. The zero-order valence-electron chi connectivity index (χ0n) is 12.2. The molecule has 2 aromatic rings. The van der Waals surface area contributed by atoms with Gasteiger partial charge in [0.05, 0.1) is 28.8 Å². The van der Waals surface area contributed by atoms with Crippen molar-refractivity contribution >= 4 is 23.8 Å². The molecule has 0 spiro atoms. The molecule has 0 atom stereocenters. The number of carbonyl (C=O) groups is 1. The van der Waals surface area contributed by atoms with Crippen LogP contribution in [0.1, 0.15) is 28.5 Å². The van der Waals surface area contributed by atoms with Crippen LogP contribution >= 0.6 is 0 Å². The maximum Gasteiger partial charge on any atom is 0.283 e. The number of aromatic nitrogens is 2. The second-order valence-electron chi connectivity index (χ2n) is 4.94. The second-order valence-corrected chi connectivity index (χ2v) is 4.94. The molecule has 2 heterocycles. The van der Waals surface area contributed by atoms with E-state index in [4.69, 9.17) is 11.5 Å². The van der Waals surface area contributed by atoms with Crippen LogP contribution in [0.2, 0.25) is 0 Å². The molecule has 1 aromatic heterocycles. The maximum atomic E-state index is 12.0. The van der Waals surface area contributed by atoms with Gasteiger partial charge in [-0.2, -0.15) is 10.1 Å². The van der Waals surface area contributed by atoms with Crippen LogP contribution in [0.25, 0.3) is 5.69 Å². The number of hydrogen-bond donors (Lipinski definition) is 2. The number of benzene rings is 1. The molecule has 0 unspecified atom stereocenters. The molecule has 7 nitrogen and oxygen atoms in total. The van der Waals surface area contributed by atoms with E-state index in [9.17, 15) is 4.79 Å². The molecule has 0 fully saturated rings. The molecular formula is C15H16N6O. The van der Waals surface area contributed by atoms with Crippen molar-refractivity contribution in [3.8, 4) is 5.69 Å². The standard InChI is InChI=1S/C15H16N6O/c1-2-13-11(14(22)20-15(16)17)8-19-21(13)10-3-4-12-9(7-10)5-6-18-12/h3-4,6-8H,2,5H2,1H3,(H4,16,17,20,22). The highest BCUT2D eigenvalue weighted by molar-refractivity contribution is 6.02. The summed E-state index contributed by atoms with van der Waals surface area (Å²) >= 11 is 0. The van der Waals surface area contributed by atoms with Gasteiger partial charge in [-0.1, -0.05) is 6.92 Å². The summed E-state index contributed by atoms with van der Waals surface area (Å²) in [4.78, 5) is 19.9. The molecule has 7 heteroatoms. The minimum atomic E-state index is -0.479. The number of aliphatic imine (C=N–C) groups is 2. The van der Waals surface area contributed by atoms with Crippen molar-refractivity contribution in [2.75, 3.05) is 0 Å². The van der Waals surface area contributed by atoms with Gasteiger partial charge in [-0.25, -0.2) is 4.68 Å². The lowest BCUT2D eigenvalue weighted by atomic mass is 10.1. The fourth-order valence-corrected chi connectivity index (χ4v) is 2.53. The van der Waals surface area contributed by atoms with Crippen LogP contribution in [0.3, 0.4) is 0 Å². The van der Waals surface area contributed by atoms with Crippen LogP contribution in [0.15, 0.2) is 34.4 Å². The number of amides is 1. The van der Waals surface area contributed by atoms with E-state index in [0.717, 1.165) is 29.1 Å². The molecule has 112 valence electrons. The van der Waals surface area contributed by atoms with E-state index in [0.29, 0.717) is 12.0 Å². The highest BCUT2D eigenvalue weighted by Crippen LogP contribution is 2.27. The number of carbonyl (C=O) groups excluding carboxylic acids is 1. The van der Waals surface area contributed by atoms with E-state index in [1.165, 1.54) is 6.20 Å². The average Bonchev–Trinajstić information content (AvgIpc) is 3.11. The average molecular weight is 296 g/mol. The molecule has 1 aliphatic rings. The molecule has 3 rings (SSSR count). The first-order valence-corrected chi connectivity index (χ1v) is 6.97. The lowest BCUT2D eigenvalue weighted by Crippen LogP contribution is -2.24. The van der Waals surface area contributed by atoms with Crippen molar-refractivity contribution in [2.24, 2.45) is 21.5 Å². The zero-order valence-corrected chi connectivity index (χ0v) is 12.2. The first-order chi connectivity index (χ1) is 10.6. The van der Waals surface area contributed by atoms with Gasteiger partial charge in [0.15, 0.2) is 5.96 Å². The summed E-state index contributed by atoms with van der Waals surface area (Å²) < 4.78 is 1.74. The largest absolute Gasteiger partial charge is 0.370 e. The van der Waals surface area contributed by atoms with Crippen LogP contribution in [-0.4, -0.2) is 27.9 Å². The van der Waals surface area contributed by atoms with Gasteiger partial charge in [0.2, 0.25) is 0 Å². The number of fused-ring (bicyclic) bond motifs is 1. The minimum Gasteiger partial charge on any atom is -0.370 e. The molecular weight excluding hydrogens is 280 g/mol. The maximum absolute atomic E-state index is 12.0. The first-order valence-electron chi connectivity index (χ1n) is 6.97. The zero-order chi connectivity index (χ0) is 15.7. The Hall–Kier alpha value is -2.96. The van der Waals surface area contributed by atoms with Crippen LogP contribution in [0.5, 0.6) is 0 Å². The van der Waals surface area contributed by atoms with E-state index in [1.807, 2.05) is 31.3 Å². The van der Waals surface area contributed by atoms with Gasteiger partial charge < -0.3 is 11.5 Å². The molecule has 0 aliphatic carbocycles. The number of rotatable bonds is 3. The summed E-state index contributed by atoms with van der Waals surface area (Å²) in [5, 5.41) is 4.32.